The Morgan fingerprint density at radius 2 is 2.07 bits per heavy atom. The summed E-state index contributed by atoms with van der Waals surface area (Å²) in [5.74, 6) is 0. The minimum absolute atomic E-state index is 0.843. The second kappa shape index (κ2) is 3.59. The summed E-state index contributed by atoms with van der Waals surface area (Å²) in [6, 6.07) is 1.69. The average molecular weight is 209 g/mol. The van der Waals surface area contributed by atoms with Crippen molar-refractivity contribution >= 4 is 11.5 Å². The zero-order chi connectivity index (χ0) is 9.38. The third-order valence-electron chi connectivity index (χ3n) is 3.60. The Morgan fingerprint density at radius 1 is 1.29 bits per heavy atom. The van der Waals surface area contributed by atoms with E-state index in [1.165, 1.54) is 43.6 Å². The van der Waals surface area contributed by atoms with Crippen molar-refractivity contribution < 1.29 is 0 Å². The molecular weight excluding hydrogens is 194 g/mol. The van der Waals surface area contributed by atoms with Crippen molar-refractivity contribution in [1.82, 2.24) is 14.5 Å². The van der Waals surface area contributed by atoms with E-state index < -0.39 is 0 Å². The van der Waals surface area contributed by atoms with E-state index in [9.17, 15) is 0 Å². The molecule has 0 spiro atoms. The lowest BCUT2D eigenvalue weighted by Gasteiger charge is -2.33. The van der Waals surface area contributed by atoms with Crippen molar-refractivity contribution in [3.8, 4) is 0 Å². The molecule has 0 N–H and O–H groups in total. The van der Waals surface area contributed by atoms with Crippen LogP contribution in [0.15, 0.2) is 5.38 Å². The van der Waals surface area contributed by atoms with Crippen molar-refractivity contribution in [3.63, 3.8) is 0 Å². The average Bonchev–Trinajstić information content (AvgIpc) is 2.75. The van der Waals surface area contributed by atoms with Gasteiger partial charge in [0, 0.05) is 24.0 Å². The van der Waals surface area contributed by atoms with Gasteiger partial charge in [-0.3, -0.25) is 4.90 Å². The number of hydrogen-bond acceptors (Lipinski definition) is 4. The molecule has 0 aliphatic carbocycles. The van der Waals surface area contributed by atoms with Crippen LogP contribution in [0.2, 0.25) is 0 Å². The normalized spacial score (nSPS) is 32.3. The smallest absolute Gasteiger partial charge is 0.0895 e. The van der Waals surface area contributed by atoms with Crippen LogP contribution in [0, 0.1) is 0 Å². The molecule has 3 nitrogen and oxygen atoms in total. The molecular formula is C10H15N3S. The van der Waals surface area contributed by atoms with E-state index in [4.69, 9.17) is 0 Å². The molecule has 1 aromatic heterocycles. The largest absolute Gasteiger partial charge is 0.292 e. The molecule has 2 unspecified atom stereocenters. The predicted molar refractivity (Wildman–Crippen MR) is 56.1 cm³/mol. The molecule has 4 heteroatoms. The maximum Gasteiger partial charge on any atom is 0.0895 e. The van der Waals surface area contributed by atoms with Crippen LogP contribution < -0.4 is 0 Å². The summed E-state index contributed by atoms with van der Waals surface area (Å²) in [7, 11) is 0. The lowest BCUT2D eigenvalue weighted by molar-refractivity contribution is 0.130. The fraction of sp³-hybridized carbons (Fsp3) is 0.800. The highest BCUT2D eigenvalue weighted by Gasteiger charge is 2.36. The summed E-state index contributed by atoms with van der Waals surface area (Å²) < 4.78 is 3.92. The highest BCUT2D eigenvalue weighted by molar-refractivity contribution is 7.03. The van der Waals surface area contributed by atoms with Gasteiger partial charge in [-0.05, 0) is 37.2 Å². The standard InChI is InChI=1S/C10H15N3S/c1-2-9-4-5-10(3-1)13(9)6-8-7-14-12-11-8/h7,9-10H,1-6H2. The molecule has 14 heavy (non-hydrogen) atoms. The number of rotatable bonds is 2. The van der Waals surface area contributed by atoms with Crippen molar-refractivity contribution in [2.75, 3.05) is 0 Å². The van der Waals surface area contributed by atoms with Gasteiger partial charge in [0.2, 0.25) is 0 Å². The summed E-state index contributed by atoms with van der Waals surface area (Å²) in [6.45, 7) is 1.03. The Bertz CT molecular complexity index is 282. The molecule has 2 fully saturated rings. The zero-order valence-corrected chi connectivity index (χ0v) is 9.04. The monoisotopic (exact) mass is 209 g/mol. The zero-order valence-electron chi connectivity index (χ0n) is 8.22. The lowest BCUT2D eigenvalue weighted by Crippen LogP contribution is -2.38. The first-order valence-corrected chi connectivity index (χ1v) is 6.29. The quantitative estimate of drug-likeness (QED) is 0.746. The molecule has 2 aliphatic heterocycles. The van der Waals surface area contributed by atoms with E-state index in [2.05, 4.69) is 19.9 Å². The van der Waals surface area contributed by atoms with Gasteiger partial charge in [-0.15, -0.1) is 5.10 Å². The topological polar surface area (TPSA) is 29.0 Å². The van der Waals surface area contributed by atoms with Crippen molar-refractivity contribution in [3.05, 3.63) is 11.1 Å². The van der Waals surface area contributed by atoms with Crippen LogP contribution >= 0.6 is 11.5 Å². The Kier molecular flexibility index (Phi) is 2.25. The van der Waals surface area contributed by atoms with Crippen molar-refractivity contribution in [2.24, 2.45) is 0 Å². The van der Waals surface area contributed by atoms with Gasteiger partial charge >= 0.3 is 0 Å². The predicted octanol–water partition coefficient (Wildman–Crippen LogP) is 2.05. The minimum atomic E-state index is 0.843. The SMILES string of the molecule is c1snnc1CN1C2CCCC1CC2. The van der Waals surface area contributed by atoms with Gasteiger partial charge in [-0.25, -0.2) is 0 Å². The Hall–Kier alpha value is -0.480. The number of fused-ring (bicyclic) bond motifs is 2. The number of hydrogen-bond donors (Lipinski definition) is 0. The van der Waals surface area contributed by atoms with Crippen LogP contribution in [-0.4, -0.2) is 26.6 Å². The molecule has 3 rings (SSSR count). The van der Waals surface area contributed by atoms with E-state index in [-0.39, 0.29) is 0 Å². The third-order valence-corrected chi connectivity index (χ3v) is 4.15. The second-order valence-corrected chi connectivity index (χ2v) is 4.99. The van der Waals surface area contributed by atoms with Gasteiger partial charge in [0.1, 0.15) is 0 Å². The molecule has 2 saturated heterocycles. The van der Waals surface area contributed by atoms with Crippen LogP contribution in [-0.2, 0) is 6.54 Å². The molecule has 0 saturated carbocycles. The fourth-order valence-corrected chi connectivity index (χ4v) is 3.36. The highest BCUT2D eigenvalue weighted by atomic mass is 32.1. The van der Waals surface area contributed by atoms with Gasteiger partial charge in [-0.2, -0.15) is 0 Å². The summed E-state index contributed by atoms with van der Waals surface area (Å²) in [4.78, 5) is 2.65. The molecule has 0 amide bonds. The van der Waals surface area contributed by atoms with Crippen LogP contribution in [0.1, 0.15) is 37.8 Å². The van der Waals surface area contributed by atoms with Gasteiger partial charge < -0.3 is 0 Å². The maximum absolute atomic E-state index is 4.13. The first kappa shape index (κ1) is 8.80. The summed E-state index contributed by atoms with van der Waals surface area (Å²) in [5, 5.41) is 6.21. The molecule has 2 atom stereocenters. The second-order valence-electron chi connectivity index (χ2n) is 4.38. The number of nitrogens with zero attached hydrogens (tertiary/aromatic N) is 3. The number of piperidine rings is 1. The van der Waals surface area contributed by atoms with Crippen LogP contribution in [0.5, 0.6) is 0 Å². The van der Waals surface area contributed by atoms with Crippen molar-refractivity contribution in [1.29, 1.82) is 0 Å². The van der Waals surface area contributed by atoms with E-state index >= 15 is 0 Å². The summed E-state index contributed by atoms with van der Waals surface area (Å²) in [6.07, 6.45) is 7.04. The van der Waals surface area contributed by atoms with Crippen LogP contribution in [0.3, 0.4) is 0 Å². The summed E-state index contributed by atoms with van der Waals surface area (Å²) >= 11 is 1.46. The molecule has 76 valence electrons. The first-order chi connectivity index (χ1) is 6.93. The van der Waals surface area contributed by atoms with E-state index in [0.29, 0.717) is 0 Å². The molecule has 0 aromatic carbocycles. The molecule has 1 aromatic rings. The van der Waals surface area contributed by atoms with E-state index in [0.717, 1.165) is 24.3 Å². The van der Waals surface area contributed by atoms with Gasteiger partial charge in [0.15, 0.2) is 0 Å². The van der Waals surface area contributed by atoms with Gasteiger partial charge in [-0.1, -0.05) is 10.9 Å². The Morgan fingerprint density at radius 3 is 2.71 bits per heavy atom. The Balaban J connectivity index is 1.73. The van der Waals surface area contributed by atoms with E-state index in [1.54, 1.807) is 0 Å². The van der Waals surface area contributed by atoms with Crippen molar-refractivity contribution in [2.45, 2.75) is 50.7 Å². The van der Waals surface area contributed by atoms with Gasteiger partial charge in [0.25, 0.3) is 0 Å². The first-order valence-electron chi connectivity index (χ1n) is 5.45. The molecule has 3 heterocycles. The van der Waals surface area contributed by atoms with Crippen LogP contribution in [0.4, 0.5) is 0 Å². The summed E-state index contributed by atoms with van der Waals surface area (Å²) in [5.41, 5.74) is 1.16. The molecule has 0 radical (unpaired) electrons. The Labute approximate surface area is 88.3 Å². The third kappa shape index (κ3) is 1.46. The molecule has 2 bridgehead atoms. The van der Waals surface area contributed by atoms with Crippen LogP contribution in [0.25, 0.3) is 0 Å². The van der Waals surface area contributed by atoms with E-state index in [1.807, 2.05) is 0 Å². The molecule has 2 aliphatic rings. The highest BCUT2D eigenvalue weighted by Crippen LogP contribution is 2.36. The minimum Gasteiger partial charge on any atom is -0.292 e. The number of aromatic nitrogens is 2. The lowest BCUT2D eigenvalue weighted by atomic mass is 10.0. The fourth-order valence-electron chi connectivity index (χ4n) is 2.92. The van der Waals surface area contributed by atoms with Gasteiger partial charge in [0.05, 0.1) is 5.69 Å². The maximum atomic E-state index is 4.13.